The number of allylic oxidation sites excluding steroid dienone is 2. The fraction of sp³-hybridized carbons (Fsp3) is 0.286. The highest BCUT2D eigenvalue weighted by atomic mass is 35.5. The van der Waals surface area contributed by atoms with Crippen molar-refractivity contribution in [1.82, 2.24) is 0 Å². The summed E-state index contributed by atoms with van der Waals surface area (Å²) in [6.07, 6.45) is 0.934. The molecule has 2 aliphatic heterocycles. The number of hydrogen-bond donors (Lipinski definition) is 1. The average Bonchev–Trinajstić information content (AvgIpc) is 3.58. The minimum atomic E-state index is -2.67. The van der Waals surface area contributed by atoms with Crippen LogP contribution in [0.3, 0.4) is 0 Å². The van der Waals surface area contributed by atoms with Crippen molar-refractivity contribution >= 4 is 75.3 Å². The summed E-state index contributed by atoms with van der Waals surface area (Å²) in [6.45, 7) is -0.380. The van der Waals surface area contributed by atoms with Gasteiger partial charge in [0.1, 0.15) is 18.0 Å². The Morgan fingerprint density at radius 3 is 1.88 bits per heavy atom. The molecule has 4 aromatic carbocycles. The third-order valence-corrected chi connectivity index (χ3v) is 13.0. The number of carbonyl (C=O) groups is 4. The van der Waals surface area contributed by atoms with Crippen LogP contribution in [0.4, 0.5) is 50.4 Å². The van der Waals surface area contributed by atoms with E-state index in [0.717, 1.165) is 10.6 Å². The molecule has 3 fully saturated rings. The zero-order chi connectivity index (χ0) is 43.0. The Kier molecular flexibility index (Phi) is 10.3. The van der Waals surface area contributed by atoms with E-state index in [1.807, 2.05) is 31.1 Å². The van der Waals surface area contributed by atoms with E-state index in [1.165, 1.54) is 36.4 Å². The van der Waals surface area contributed by atoms with Gasteiger partial charge >= 0.3 is 0 Å². The smallest absolute Gasteiger partial charge is 0.258 e. The molecule has 0 spiro atoms. The molecular formula is C42H32Cl2F5N5O6. The highest BCUT2D eigenvalue weighted by molar-refractivity contribution is 6.58. The van der Waals surface area contributed by atoms with Gasteiger partial charge in [0.2, 0.25) is 17.6 Å². The Morgan fingerprint density at radius 1 is 0.750 bits per heavy atom. The molecule has 6 atom stereocenters. The molecule has 0 radical (unpaired) electrons. The van der Waals surface area contributed by atoms with Crippen LogP contribution >= 0.6 is 23.2 Å². The lowest BCUT2D eigenvalue weighted by Gasteiger charge is -2.50. The molecule has 1 saturated carbocycles. The molecule has 0 unspecified atom stereocenters. The van der Waals surface area contributed by atoms with E-state index in [1.54, 1.807) is 30.3 Å². The fourth-order valence-electron chi connectivity index (χ4n) is 8.72. The van der Waals surface area contributed by atoms with E-state index in [9.17, 15) is 37.5 Å². The summed E-state index contributed by atoms with van der Waals surface area (Å²) in [6, 6.07) is 19.3. The minimum absolute atomic E-state index is 0.0313. The number of benzene rings is 4. The molecule has 1 N–H and O–H groups in total. The standard InChI is InChI=1S/C42H32Cl2F5N5O6/c1-52(2)23-9-5-21(6-10-23)50-51-22-7-11-24(12-8-22)53-37(56)27-16-15-26-28(29(27)38(53)57)19-41(43)39(58)54(36-34(48)32(46)31(45)33(47)35(36)49)40(59)42(41,44)30(26)20-3-13-25(14-4-20)60-18-17-55/h3-15,27-30,55H,16-19H2,1-2H3/t27-,28+,29-,30-,41+,42-/m0/s1. The van der Waals surface area contributed by atoms with Crippen LogP contribution in [0.1, 0.15) is 24.3 Å². The van der Waals surface area contributed by atoms with Gasteiger partial charge in [-0.25, -0.2) is 26.9 Å². The summed E-state index contributed by atoms with van der Waals surface area (Å²) in [4.78, 5) is 54.9. The van der Waals surface area contributed by atoms with Crippen molar-refractivity contribution < 1.29 is 51.0 Å². The number of ether oxygens (including phenoxy) is 1. The number of aliphatic hydroxyl groups is 1. The number of imide groups is 2. The van der Waals surface area contributed by atoms with Gasteiger partial charge in [-0.3, -0.25) is 24.1 Å². The van der Waals surface area contributed by atoms with Gasteiger partial charge in [-0.1, -0.05) is 23.8 Å². The first-order chi connectivity index (χ1) is 28.5. The average molecular weight is 869 g/mol. The van der Waals surface area contributed by atoms with Gasteiger partial charge in [0.25, 0.3) is 11.8 Å². The van der Waals surface area contributed by atoms with Crippen LogP contribution in [0, 0.1) is 46.8 Å². The molecule has 18 heteroatoms. The summed E-state index contributed by atoms with van der Waals surface area (Å²) in [5.74, 6) is -21.1. The maximum atomic E-state index is 15.4. The van der Waals surface area contributed by atoms with Gasteiger partial charge in [-0.05, 0) is 85.0 Å². The molecule has 2 saturated heterocycles. The van der Waals surface area contributed by atoms with Crippen molar-refractivity contribution in [1.29, 1.82) is 0 Å². The van der Waals surface area contributed by atoms with Crippen molar-refractivity contribution in [3.63, 3.8) is 0 Å². The molecule has 4 aromatic rings. The molecule has 310 valence electrons. The van der Waals surface area contributed by atoms with Gasteiger partial charge in [0, 0.05) is 25.7 Å². The second-order valence-corrected chi connectivity index (χ2v) is 16.2. The second kappa shape index (κ2) is 15.1. The predicted octanol–water partition coefficient (Wildman–Crippen LogP) is 8.00. The van der Waals surface area contributed by atoms with Gasteiger partial charge in [0.05, 0.1) is 35.5 Å². The molecular weight excluding hydrogens is 836 g/mol. The molecule has 2 aliphatic carbocycles. The Balaban J connectivity index is 1.17. The number of aliphatic hydroxyl groups excluding tert-OH is 1. The lowest BCUT2D eigenvalue weighted by molar-refractivity contribution is -0.125. The van der Waals surface area contributed by atoms with Crippen LogP contribution in [-0.4, -0.2) is 65.8 Å². The number of alkyl halides is 2. The topological polar surface area (TPSA) is 132 Å². The number of nitrogens with zero attached hydrogens (tertiary/aromatic N) is 5. The summed E-state index contributed by atoms with van der Waals surface area (Å²) in [5, 5.41) is 17.7. The summed E-state index contributed by atoms with van der Waals surface area (Å²) >= 11 is 14.4. The summed E-state index contributed by atoms with van der Waals surface area (Å²) in [7, 11) is 3.82. The van der Waals surface area contributed by atoms with Crippen LogP contribution in [0.2, 0.25) is 0 Å². The van der Waals surface area contributed by atoms with Crippen LogP contribution in [0.15, 0.2) is 94.7 Å². The van der Waals surface area contributed by atoms with E-state index in [-0.39, 0.29) is 41.5 Å². The molecule has 0 bridgehead atoms. The number of halogens is 7. The fourth-order valence-corrected chi connectivity index (χ4v) is 9.65. The molecule has 2 heterocycles. The molecule has 8 rings (SSSR count). The third-order valence-electron chi connectivity index (χ3n) is 11.5. The van der Waals surface area contributed by atoms with E-state index >= 15 is 8.78 Å². The molecule has 4 amide bonds. The van der Waals surface area contributed by atoms with Gasteiger partial charge in [-0.2, -0.15) is 10.2 Å². The first-order valence-electron chi connectivity index (χ1n) is 18.5. The minimum Gasteiger partial charge on any atom is -0.491 e. The Labute approximate surface area is 348 Å². The van der Waals surface area contributed by atoms with E-state index in [2.05, 4.69) is 10.2 Å². The van der Waals surface area contributed by atoms with E-state index in [4.69, 9.17) is 27.9 Å². The first kappa shape index (κ1) is 41.0. The summed E-state index contributed by atoms with van der Waals surface area (Å²) in [5.41, 5.74) is 0.830. The van der Waals surface area contributed by atoms with Crippen molar-refractivity contribution in [2.24, 2.45) is 28.0 Å². The normalized spacial score (nSPS) is 26.1. The number of anilines is 3. The van der Waals surface area contributed by atoms with Crippen LogP contribution in [0.25, 0.3) is 0 Å². The molecule has 60 heavy (non-hydrogen) atoms. The van der Waals surface area contributed by atoms with Crippen molar-refractivity contribution in [2.75, 3.05) is 42.0 Å². The van der Waals surface area contributed by atoms with E-state index < -0.39 is 98.2 Å². The van der Waals surface area contributed by atoms with Gasteiger partial charge < -0.3 is 14.7 Å². The Morgan fingerprint density at radius 2 is 1.32 bits per heavy atom. The van der Waals surface area contributed by atoms with Crippen LogP contribution < -0.4 is 19.4 Å². The molecule has 11 nitrogen and oxygen atoms in total. The zero-order valence-corrected chi connectivity index (χ0v) is 33.0. The number of azo groups is 1. The van der Waals surface area contributed by atoms with Crippen molar-refractivity contribution in [3.8, 4) is 5.75 Å². The van der Waals surface area contributed by atoms with Crippen molar-refractivity contribution in [2.45, 2.75) is 28.5 Å². The maximum Gasteiger partial charge on any atom is 0.258 e. The number of rotatable bonds is 9. The number of amides is 4. The lowest BCUT2D eigenvalue weighted by Crippen LogP contribution is -2.60. The van der Waals surface area contributed by atoms with Gasteiger partial charge in [-0.15, -0.1) is 23.2 Å². The largest absolute Gasteiger partial charge is 0.491 e. The van der Waals surface area contributed by atoms with E-state index in [0.29, 0.717) is 16.9 Å². The Bertz CT molecular complexity index is 2500. The quantitative estimate of drug-likeness (QED) is 0.0343. The Hall–Kier alpha value is -5.71. The monoisotopic (exact) mass is 867 g/mol. The molecule has 4 aliphatic rings. The van der Waals surface area contributed by atoms with Gasteiger partial charge in [0.15, 0.2) is 33.0 Å². The SMILES string of the molecule is CN(C)c1ccc(N=Nc2ccc(N3C(=O)[C@H]4[C@H](CC=C5[C@H]4C[C@@]4(Cl)C(=O)N(c6c(F)c(F)c(F)c(F)c6F)C(=O)[C@@]4(Cl)[C@H]5c4ccc(OCCO)cc4)C3=O)cc2)cc1. The number of hydrogen-bond acceptors (Lipinski definition) is 9. The third kappa shape index (κ3) is 6.09. The highest BCUT2D eigenvalue weighted by Crippen LogP contribution is 2.66. The predicted molar refractivity (Wildman–Crippen MR) is 209 cm³/mol. The van der Waals surface area contributed by atoms with Crippen molar-refractivity contribution in [3.05, 3.63) is 119 Å². The highest BCUT2D eigenvalue weighted by Gasteiger charge is 2.77. The van der Waals surface area contributed by atoms with Crippen LogP contribution in [-0.2, 0) is 19.2 Å². The lowest BCUT2D eigenvalue weighted by atomic mass is 9.56. The zero-order valence-electron chi connectivity index (χ0n) is 31.5. The second-order valence-electron chi connectivity index (χ2n) is 15.0. The molecule has 0 aromatic heterocycles. The summed E-state index contributed by atoms with van der Waals surface area (Å²) < 4.78 is 79.4. The number of carbonyl (C=O) groups excluding carboxylic acids is 4. The number of fused-ring (bicyclic) bond motifs is 4. The van der Waals surface area contributed by atoms with Crippen LogP contribution in [0.5, 0.6) is 5.75 Å². The first-order valence-corrected chi connectivity index (χ1v) is 19.3. The maximum absolute atomic E-state index is 15.4.